The Kier molecular flexibility index (Phi) is 13.3. The van der Waals surface area contributed by atoms with Gasteiger partial charge < -0.3 is 25.2 Å². The van der Waals surface area contributed by atoms with Crippen LogP contribution >= 0.6 is 0 Å². The first-order valence-electron chi connectivity index (χ1n) is 13.7. The van der Waals surface area contributed by atoms with E-state index in [2.05, 4.69) is 10.6 Å². The first kappa shape index (κ1) is 32.5. The molecule has 3 N–H and O–H groups in total. The minimum absolute atomic E-state index is 0.0166. The van der Waals surface area contributed by atoms with E-state index in [1.54, 1.807) is 45.0 Å². The number of ketones is 1. The van der Waals surface area contributed by atoms with Crippen molar-refractivity contribution < 1.29 is 33.8 Å². The van der Waals surface area contributed by atoms with E-state index in [4.69, 9.17) is 9.47 Å². The molecule has 2 aromatic rings. The highest BCUT2D eigenvalue weighted by molar-refractivity contribution is 5.98. The maximum Gasteiger partial charge on any atom is 0.326 e. The zero-order chi connectivity index (χ0) is 29.5. The first-order valence-corrected chi connectivity index (χ1v) is 13.7. The van der Waals surface area contributed by atoms with E-state index in [0.29, 0.717) is 37.2 Å². The van der Waals surface area contributed by atoms with E-state index in [-0.39, 0.29) is 25.2 Å². The average molecular weight is 555 g/mol. The predicted molar refractivity (Wildman–Crippen MR) is 152 cm³/mol. The standard InChI is InChI=1S/C31H42N2O7/c1-5-19-32-20-23(40-28(36)18-17-27(35)33-29(30(37)38)31(2,3)4)21-39-26-14-10-9-13-24(26)25(34)16-15-22-11-7-6-8-12-22/h6-14,23,29,32H,5,15-21H2,1-4H3,(H,33,35)(H,37,38). The Morgan fingerprint density at radius 1 is 0.925 bits per heavy atom. The Bertz CT molecular complexity index is 1110. The third kappa shape index (κ3) is 11.6. The van der Waals surface area contributed by atoms with Gasteiger partial charge in [-0.25, -0.2) is 4.79 Å². The topological polar surface area (TPSA) is 131 Å². The van der Waals surface area contributed by atoms with Gasteiger partial charge >= 0.3 is 11.9 Å². The fourth-order valence-electron chi connectivity index (χ4n) is 3.96. The molecule has 0 aromatic heterocycles. The Morgan fingerprint density at radius 2 is 1.60 bits per heavy atom. The van der Waals surface area contributed by atoms with Crippen molar-refractivity contribution in [2.24, 2.45) is 5.41 Å². The van der Waals surface area contributed by atoms with Crippen LogP contribution in [0.25, 0.3) is 0 Å². The Labute approximate surface area is 236 Å². The molecule has 2 aromatic carbocycles. The van der Waals surface area contributed by atoms with E-state index < -0.39 is 35.4 Å². The maximum atomic E-state index is 12.9. The third-order valence-electron chi connectivity index (χ3n) is 6.17. The molecule has 2 atom stereocenters. The van der Waals surface area contributed by atoms with Gasteiger partial charge in [0.25, 0.3) is 0 Å². The summed E-state index contributed by atoms with van der Waals surface area (Å²) in [5.41, 5.74) is 0.858. The minimum Gasteiger partial charge on any atom is -0.489 e. The quantitative estimate of drug-likeness (QED) is 0.151. The number of ether oxygens (including phenoxy) is 2. The van der Waals surface area contributed by atoms with Crippen LogP contribution in [-0.4, -0.2) is 60.6 Å². The Morgan fingerprint density at radius 3 is 2.25 bits per heavy atom. The van der Waals surface area contributed by atoms with Crippen molar-refractivity contribution >= 4 is 23.6 Å². The van der Waals surface area contributed by atoms with Gasteiger partial charge in [0.2, 0.25) is 5.91 Å². The van der Waals surface area contributed by atoms with Crippen LogP contribution in [0.3, 0.4) is 0 Å². The normalized spacial score (nSPS) is 12.7. The van der Waals surface area contributed by atoms with E-state index in [1.807, 2.05) is 37.3 Å². The molecule has 0 fully saturated rings. The van der Waals surface area contributed by atoms with Crippen LogP contribution in [-0.2, 0) is 25.5 Å². The van der Waals surface area contributed by atoms with Gasteiger partial charge in [0.1, 0.15) is 24.5 Å². The number of nitrogens with one attached hydrogen (secondary N) is 2. The molecule has 0 saturated carbocycles. The lowest BCUT2D eigenvalue weighted by Gasteiger charge is -2.27. The highest BCUT2D eigenvalue weighted by Gasteiger charge is 2.32. The summed E-state index contributed by atoms with van der Waals surface area (Å²) in [6.45, 7) is 8.22. The fourth-order valence-corrected chi connectivity index (χ4v) is 3.96. The number of carboxylic acids is 1. The minimum atomic E-state index is -1.14. The Balaban J connectivity index is 1.95. The molecule has 0 aliphatic rings. The second kappa shape index (κ2) is 16.4. The summed E-state index contributed by atoms with van der Waals surface area (Å²) in [7, 11) is 0. The van der Waals surface area contributed by atoms with Gasteiger partial charge in [0.15, 0.2) is 5.78 Å². The number of hydrogen-bond acceptors (Lipinski definition) is 7. The number of carbonyl (C=O) groups excluding carboxylic acids is 3. The van der Waals surface area contributed by atoms with Crippen LogP contribution in [0, 0.1) is 5.41 Å². The number of para-hydroxylation sites is 1. The summed E-state index contributed by atoms with van der Waals surface area (Å²) in [6.07, 6.45) is 0.774. The number of aliphatic carboxylic acids is 1. The van der Waals surface area contributed by atoms with Crippen LogP contribution in [0.1, 0.15) is 69.3 Å². The Hall–Kier alpha value is -3.72. The van der Waals surface area contributed by atoms with Gasteiger partial charge in [-0.3, -0.25) is 14.4 Å². The van der Waals surface area contributed by atoms with Crippen molar-refractivity contribution in [1.82, 2.24) is 10.6 Å². The van der Waals surface area contributed by atoms with Gasteiger partial charge in [-0.2, -0.15) is 0 Å². The van der Waals surface area contributed by atoms with Crippen LogP contribution in [0.2, 0.25) is 0 Å². The molecule has 40 heavy (non-hydrogen) atoms. The molecule has 2 rings (SSSR count). The summed E-state index contributed by atoms with van der Waals surface area (Å²) < 4.78 is 11.6. The smallest absolute Gasteiger partial charge is 0.326 e. The molecule has 9 heteroatoms. The summed E-state index contributed by atoms with van der Waals surface area (Å²) in [6, 6.07) is 15.7. The van der Waals surface area contributed by atoms with Crippen molar-refractivity contribution in [3.05, 3.63) is 65.7 Å². The molecule has 0 spiro atoms. The highest BCUT2D eigenvalue weighted by atomic mass is 16.6. The molecule has 0 saturated heterocycles. The lowest BCUT2D eigenvalue weighted by Crippen LogP contribution is -2.49. The summed E-state index contributed by atoms with van der Waals surface area (Å²) in [5, 5.41) is 15.1. The molecule has 1 amide bonds. The van der Waals surface area contributed by atoms with Gasteiger partial charge in [0, 0.05) is 19.4 Å². The van der Waals surface area contributed by atoms with Crippen molar-refractivity contribution in [2.75, 3.05) is 19.7 Å². The maximum absolute atomic E-state index is 12.9. The predicted octanol–water partition coefficient (Wildman–Crippen LogP) is 4.19. The largest absolute Gasteiger partial charge is 0.489 e. The van der Waals surface area contributed by atoms with Crippen molar-refractivity contribution in [2.45, 2.75) is 71.9 Å². The van der Waals surface area contributed by atoms with Crippen molar-refractivity contribution in [3.63, 3.8) is 0 Å². The number of aryl methyl sites for hydroxylation is 1. The van der Waals surface area contributed by atoms with Crippen molar-refractivity contribution in [3.8, 4) is 5.75 Å². The van der Waals surface area contributed by atoms with Gasteiger partial charge in [-0.1, -0.05) is 70.2 Å². The number of carbonyl (C=O) groups is 4. The number of rotatable bonds is 17. The van der Waals surface area contributed by atoms with Crippen LogP contribution < -0.4 is 15.4 Å². The zero-order valence-corrected chi connectivity index (χ0v) is 23.9. The van der Waals surface area contributed by atoms with Crippen LogP contribution in [0.15, 0.2) is 54.6 Å². The second-order valence-electron chi connectivity index (χ2n) is 10.7. The molecule has 2 unspecified atom stereocenters. The fraction of sp³-hybridized carbons (Fsp3) is 0.484. The average Bonchev–Trinajstić information content (AvgIpc) is 2.92. The molecule has 0 bridgehead atoms. The molecule has 9 nitrogen and oxygen atoms in total. The van der Waals surface area contributed by atoms with Crippen LogP contribution in [0.5, 0.6) is 5.75 Å². The van der Waals surface area contributed by atoms with E-state index in [1.165, 1.54) is 0 Å². The monoisotopic (exact) mass is 554 g/mol. The van der Waals surface area contributed by atoms with Gasteiger partial charge in [-0.05, 0) is 42.5 Å². The lowest BCUT2D eigenvalue weighted by molar-refractivity contribution is -0.151. The number of esters is 1. The molecule has 0 aliphatic carbocycles. The number of hydrogen-bond donors (Lipinski definition) is 3. The van der Waals surface area contributed by atoms with Crippen LogP contribution in [0.4, 0.5) is 0 Å². The second-order valence-corrected chi connectivity index (χ2v) is 10.7. The van der Waals surface area contributed by atoms with Crippen molar-refractivity contribution in [1.29, 1.82) is 0 Å². The molecule has 0 radical (unpaired) electrons. The SMILES string of the molecule is CCCNCC(COc1ccccc1C(=O)CCc1ccccc1)OC(=O)CCC(=O)NC(C(=O)O)C(C)(C)C. The summed E-state index contributed by atoms with van der Waals surface area (Å²) in [4.78, 5) is 49.3. The number of amides is 1. The zero-order valence-electron chi connectivity index (χ0n) is 23.9. The van der Waals surface area contributed by atoms with Gasteiger partial charge in [0.05, 0.1) is 12.0 Å². The molecular formula is C31H42N2O7. The van der Waals surface area contributed by atoms with E-state index in [0.717, 1.165) is 12.0 Å². The third-order valence-corrected chi connectivity index (χ3v) is 6.17. The molecule has 218 valence electrons. The lowest BCUT2D eigenvalue weighted by atomic mass is 9.86. The molecule has 0 heterocycles. The number of benzene rings is 2. The molecule has 0 aliphatic heterocycles. The highest BCUT2D eigenvalue weighted by Crippen LogP contribution is 2.22. The first-order chi connectivity index (χ1) is 19.0. The van der Waals surface area contributed by atoms with E-state index >= 15 is 0 Å². The summed E-state index contributed by atoms with van der Waals surface area (Å²) >= 11 is 0. The number of carboxylic acid groups (broad SMARTS) is 1. The van der Waals surface area contributed by atoms with E-state index in [9.17, 15) is 24.3 Å². The number of Topliss-reactive ketones (excluding diaryl/α,β-unsaturated/α-hetero) is 1. The summed E-state index contributed by atoms with van der Waals surface area (Å²) in [5.74, 6) is -1.91. The van der Waals surface area contributed by atoms with Gasteiger partial charge in [-0.15, -0.1) is 0 Å². The molecular weight excluding hydrogens is 512 g/mol.